The molecule has 1 aliphatic heterocycles. The number of morpholine rings is 1. The summed E-state index contributed by atoms with van der Waals surface area (Å²) in [5.74, 6) is -0.0993. The van der Waals surface area contributed by atoms with Crippen molar-refractivity contribution in [1.82, 2.24) is 24.0 Å². The molecule has 1 fully saturated rings. The Labute approximate surface area is 159 Å². The zero-order valence-electron chi connectivity index (χ0n) is 15.5. The smallest absolute Gasteiger partial charge is 0.332 e. The second-order valence-electron chi connectivity index (χ2n) is 6.66. The van der Waals surface area contributed by atoms with Gasteiger partial charge in [-0.2, -0.15) is 0 Å². The highest BCUT2D eigenvalue weighted by molar-refractivity contribution is 5.94. The van der Waals surface area contributed by atoms with Gasteiger partial charge in [0.2, 0.25) is 0 Å². The first kappa shape index (κ1) is 18.1. The minimum absolute atomic E-state index is 0.0993. The Balaban J connectivity index is 1.67. The Morgan fingerprint density at radius 2 is 1.86 bits per heavy atom. The summed E-state index contributed by atoms with van der Waals surface area (Å²) in [4.78, 5) is 47.3. The van der Waals surface area contributed by atoms with Crippen molar-refractivity contribution in [3.05, 3.63) is 68.8 Å². The van der Waals surface area contributed by atoms with E-state index in [1.54, 1.807) is 48.6 Å². The molecule has 4 heterocycles. The number of rotatable bonds is 2. The number of hydrogen-bond donors (Lipinski definition) is 0. The van der Waals surface area contributed by atoms with E-state index >= 15 is 0 Å². The highest BCUT2D eigenvalue weighted by Gasteiger charge is 2.27. The van der Waals surface area contributed by atoms with E-state index in [9.17, 15) is 14.4 Å². The molecule has 3 aromatic heterocycles. The summed E-state index contributed by atoms with van der Waals surface area (Å²) in [7, 11) is 3.01. The first-order valence-electron chi connectivity index (χ1n) is 8.85. The van der Waals surface area contributed by atoms with Gasteiger partial charge in [0.15, 0.2) is 0 Å². The average Bonchev–Trinajstić information content (AvgIpc) is 2.76. The maximum absolute atomic E-state index is 12.7. The molecule has 1 amide bonds. The van der Waals surface area contributed by atoms with E-state index < -0.39 is 17.4 Å². The van der Waals surface area contributed by atoms with Gasteiger partial charge in [0.05, 0.1) is 24.2 Å². The predicted octanol–water partition coefficient (Wildman–Crippen LogP) is 0.241. The lowest BCUT2D eigenvalue weighted by molar-refractivity contribution is -0.0246. The molecule has 0 N–H and O–H groups in total. The maximum Gasteiger partial charge on any atom is 0.332 e. The van der Waals surface area contributed by atoms with E-state index in [1.165, 1.54) is 11.6 Å². The van der Waals surface area contributed by atoms with E-state index in [-0.39, 0.29) is 5.91 Å². The number of nitrogens with zero attached hydrogens (tertiary/aromatic N) is 5. The van der Waals surface area contributed by atoms with E-state index in [0.29, 0.717) is 42.0 Å². The summed E-state index contributed by atoms with van der Waals surface area (Å²) in [5.41, 5.74) is 0.597. The molecule has 0 radical (unpaired) electrons. The van der Waals surface area contributed by atoms with Crippen LogP contribution in [-0.4, -0.2) is 49.6 Å². The Bertz CT molecular complexity index is 1170. The lowest BCUT2D eigenvalue weighted by Crippen LogP contribution is -2.42. The van der Waals surface area contributed by atoms with Crippen molar-refractivity contribution in [1.29, 1.82) is 0 Å². The van der Waals surface area contributed by atoms with Crippen LogP contribution in [0.1, 0.15) is 22.2 Å². The maximum atomic E-state index is 12.7. The van der Waals surface area contributed by atoms with Crippen molar-refractivity contribution in [2.45, 2.75) is 6.10 Å². The molecule has 144 valence electrons. The number of carbonyl (C=O) groups is 1. The van der Waals surface area contributed by atoms with Crippen LogP contribution in [0.2, 0.25) is 0 Å². The Kier molecular flexibility index (Phi) is 4.52. The van der Waals surface area contributed by atoms with Crippen LogP contribution in [0.15, 0.2) is 46.2 Å². The molecule has 9 nitrogen and oxygen atoms in total. The molecular weight excluding hydrogens is 362 g/mol. The fourth-order valence-electron chi connectivity index (χ4n) is 3.34. The van der Waals surface area contributed by atoms with Gasteiger partial charge in [-0.05, 0) is 24.3 Å². The van der Waals surface area contributed by atoms with Gasteiger partial charge in [-0.25, -0.2) is 9.78 Å². The van der Waals surface area contributed by atoms with Crippen molar-refractivity contribution in [2.75, 3.05) is 19.7 Å². The highest BCUT2D eigenvalue weighted by atomic mass is 16.5. The molecule has 1 unspecified atom stereocenters. The minimum atomic E-state index is -0.443. The zero-order valence-corrected chi connectivity index (χ0v) is 15.5. The van der Waals surface area contributed by atoms with Crippen molar-refractivity contribution < 1.29 is 9.53 Å². The zero-order chi connectivity index (χ0) is 19.8. The highest BCUT2D eigenvalue weighted by Crippen LogP contribution is 2.23. The van der Waals surface area contributed by atoms with E-state index in [1.807, 2.05) is 0 Å². The van der Waals surface area contributed by atoms with Crippen LogP contribution in [0.5, 0.6) is 0 Å². The first-order chi connectivity index (χ1) is 13.5. The van der Waals surface area contributed by atoms with Crippen LogP contribution in [-0.2, 0) is 18.8 Å². The van der Waals surface area contributed by atoms with Crippen LogP contribution in [0, 0.1) is 0 Å². The molecule has 28 heavy (non-hydrogen) atoms. The number of carbonyl (C=O) groups excluding carboxylic acids is 1. The molecule has 9 heteroatoms. The molecule has 0 spiro atoms. The normalized spacial score (nSPS) is 17.1. The van der Waals surface area contributed by atoms with E-state index in [2.05, 4.69) is 9.97 Å². The molecule has 0 aliphatic carbocycles. The monoisotopic (exact) mass is 381 g/mol. The fraction of sp³-hybridized carbons (Fsp3) is 0.316. The second-order valence-corrected chi connectivity index (χ2v) is 6.66. The van der Waals surface area contributed by atoms with Crippen LogP contribution >= 0.6 is 0 Å². The number of aromatic nitrogens is 4. The van der Waals surface area contributed by atoms with Gasteiger partial charge in [0, 0.05) is 38.6 Å². The summed E-state index contributed by atoms with van der Waals surface area (Å²) in [5, 5.41) is 0.355. The standard InChI is InChI=1S/C19H19N5O4/c1-22-16-13(18(26)23(2)19(22)27)3-4-14(21-16)15-11-24(9-10-28-15)17(25)12-5-7-20-8-6-12/h3-8,15H,9-11H2,1-2H3. The Morgan fingerprint density at radius 1 is 1.11 bits per heavy atom. The van der Waals surface area contributed by atoms with Crippen molar-refractivity contribution >= 4 is 16.9 Å². The Hall–Kier alpha value is -3.33. The Morgan fingerprint density at radius 3 is 2.61 bits per heavy atom. The van der Waals surface area contributed by atoms with Crippen LogP contribution in [0.3, 0.4) is 0 Å². The van der Waals surface area contributed by atoms with Crippen LogP contribution in [0.25, 0.3) is 11.0 Å². The van der Waals surface area contributed by atoms with Crippen molar-refractivity contribution in [3.63, 3.8) is 0 Å². The van der Waals surface area contributed by atoms with Gasteiger partial charge in [0.1, 0.15) is 11.8 Å². The summed E-state index contributed by atoms with van der Waals surface area (Å²) in [6.07, 6.45) is 2.72. The quantitative estimate of drug-likeness (QED) is 0.631. The molecule has 0 saturated carbocycles. The van der Waals surface area contributed by atoms with Gasteiger partial charge >= 0.3 is 5.69 Å². The summed E-state index contributed by atoms with van der Waals surface area (Å²) in [6, 6.07) is 6.70. The first-order valence-corrected chi connectivity index (χ1v) is 8.85. The van der Waals surface area contributed by atoms with Gasteiger partial charge in [0.25, 0.3) is 11.5 Å². The van der Waals surface area contributed by atoms with Crippen molar-refractivity contribution in [3.8, 4) is 0 Å². The molecule has 3 aromatic rings. The number of aryl methyl sites for hydroxylation is 1. The molecule has 1 saturated heterocycles. The van der Waals surface area contributed by atoms with Crippen LogP contribution < -0.4 is 11.2 Å². The number of pyridine rings is 2. The SMILES string of the molecule is Cn1c(=O)c2ccc(C3CN(C(=O)c4ccncc4)CCO3)nc2n(C)c1=O. The largest absolute Gasteiger partial charge is 0.368 e. The second kappa shape index (κ2) is 7.01. The third kappa shape index (κ3) is 2.99. The summed E-state index contributed by atoms with van der Waals surface area (Å²) >= 11 is 0. The molecule has 1 aliphatic rings. The fourth-order valence-corrected chi connectivity index (χ4v) is 3.34. The van der Waals surface area contributed by atoms with Gasteiger partial charge < -0.3 is 9.64 Å². The van der Waals surface area contributed by atoms with Crippen molar-refractivity contribution in [2.24, 2.45) is 14.1 Å². The number of hydrogen-bond acceptors (Lipinski definition) is 6. The number of amides is 1. The van der Waals surface area contributed by atoms with E-state index in [4.69, 9.17) is 4.74 Å². The third-order valence-electron chi connectivity index (χ3n) is 4.93. The molecular formula is C19H19N5O4. The number of fused-ring (bicyclic) bond motifs is 1. The lowest BCUT2D eigenvalue weighted by atomic mass is 10.1. The lowest BCUT2D eigenvalue weighted by Gasteiger charge is -2.32. The van der Waals surface area contributed by atoms with Gasteiger partial charge in [-0.15, -0.1) is 0 Å². The van der Waals surface area contributed by atoms with E-state index in [0.717, 1.165) is 4.57 Å². The predicted molar refractivity (Wildman–Crippen MR) is 101 cm³/mol. The van der Waals surface area contributed by atoms with Crippen LogP contribution in [0.4, 0.5) is 0 Å². The van der Waals surface area contributed by atoms with Gasteiger partial charge in [-0.3, -0.25) is 23.7 Å². The summed E-state index contributed by atoms with van der Waals surface area (Å²) in [6.45, 7) is 1.18. The molecule has 4 rings (SSSR count). The molecule has 0 bridgehead atoms. The number of ether oxygens (including phenoxy) is 1. The van der Waals surface area contributed by atoms with Gasteiger partial charge in [-0.1, -0.05) is 0 Å². The summed E-state index contributed by atoms with van der Waals surface area (Å²) < 4.78 is 8.20. The molecule has 0 aromatic carbocycles. The minimum Gasteiger partial charge on any atom is -0.368 e. The average molecular weight is 381 g/mol. The molecule has 1 atom stereocenters. The topological polar surface area (TPSA) is 99.3 Å². The third-order valence-corrected chi connectivity index (χ3v) is 4.93.